The van der Waals surface area contributed by atoms with E-state index in [2.05, 4.69) is 20.9 Å². The van der Waals surface area contributed by atoms with Gasteiger partial charge in [-0.05, 0) is 46.3 Å². The van der Waals surface area contributed by atoms with Crippen LogP contribution in [0.25, 0.3) is 0 Å². The van der Waals surface area contributed by atoms with Gasteiger partial charge in [-0.2, -0.15) is 0 Å². The van der Waals surface area contributed by atoms with Gasteiger partial charge in [0.1, 0.15) is 10.8 Å². The summed E-state index contributed by atoms with van der Waals surface area (Å²) in [5, 5.41) is 1.22. The number of rotatable bonds is 5. The molecular weight excluding hydrogens is 362 g/mol. The van der Waals surface area contributed by atoms with Gasteiger partial charge in [-0.15, -0.1) is 0 Å². The number of ketones is 1. The van der Waals surface area contributed by atoms with Crippen molar-refractivity contribution in [2.45, 2.75) is 5.03 Å². The molecule has 0 amide bonds. The van der Waals surface area contributed by atoms with Crippen LogP contribution in [0.3, 0.4) is 0 Å². The van der Waals surface area contributed by atoms with Gasteiger partial charge in [0.25, 0.3) is 0 Å². The van der Waals surface area contributed by atoms with Gasteiger partial charge in [0.05, 0.1) is 22.4 Å². The van der Waals surface area contributed by atoms with Crippen LogP contribution in [-0.2, 0) is 0 Å². The highest BCUT2D eigenvalue weighted by atomic mass is 79.9. The molecular formula is C14H11BrClNO2S. The Hall–Kier alpha value is -1.04. The average molecular weight is 373 g/mol. The van der Waals surface area contributed by atoms with Crippen molar-refractivity contribution in [3.63, 3.8) is 0 Å². The van der Waals surface area contributed by atoms with E-state index in [-0.39, 0.29) is 11.5 Å². The van der Waals surface area contributed by atoms with Gasteiger partial charge in [0.2, 0.25) is 0 Å². The van der Waals surface area contributed by atoms with Crippen molar-refractivity contribution in [2.24, 2.45) is 0 Å². The molecule has 1 aromatic heterocycles. The van der Waals surface area contributed by atoms with E-state index in [1.54, 1.807) is 43.6 Å². The minimum atomic E-state index is 0.0140. The lowest BCUT2D eigenvalue weighted by Crippen LogP contribution is -2.03. The van der Waals surface area contributed by atoms with Gasteiger partial charge >= 0.3 is 0 Å². The molecule has 0 unspecified atom stereocenters. The van der Waals surface area contributed by atoms with Crippen LogP contribution in [0.5, 0.6) is 5.75 Å². The third-order valence-corrected chi connectivity index (χ3v) is 4.58. The molecule has 0 spiro atoms. The van der Waals surface area contributed by atoms with Crippen LogP contribution in [0.1, 0.15) is 10.4 Å². The number of benzene rings is 1. The number of methoxy groups -OCH3 is 1. The Bertz CT molecular complexity index is 636. The molecule has 0 saturated heterocycles. The van der Waals surface area contributed by atoms with Gasteiger partial charge in [-0.3, -0.25) is 4.79 Å². The second-order valence-electron chi connectivity index (χ2n) is 3.85. The molecule has 0 aliphatic rings. The summed E-state index contributed by atoms with van der Waals surface area (Å²) >= 11 is 10.7. The molecule has 20 heavy (non-hydrogen) atoms. The standard InChI is InChI=1S/C14H11BrClNO2S/c1-19-13-5-4-9(7-10(13)15)12(18)8-20-14-11(16)3-2-6-17-14/h2-7H,8H2,1H3. The van der Waals surface area contributed by atoms with Crippen molar-refractivity contribution in [2.75, 3.05) is 12.9 Å². The first kappa shape index (κ1) is 15.4. The number of carbonyl (C=O) groups excluding carboxylic acids is 1. The van der Waals surface area contributed by atoms with Crippen LogP contribution in [0.15, 0.2) is 46.0 Å². The maximum atomic E-state index is 12.1. The van der Waals surface area contributed by atoms with Crippen LogP contribution in [-0.4, -0.2) is 23.6 Å². The summed E-state index contributed by atoms with van der Waals surface area (Å²) in [6.45, 7) is 0. The summed E-state index contributed by atoms with van der Waals surface area (Å²) in [6, 6.07) is 8.77. The molecule has 0 atom stereocenters. The molecule has 1 heterocycles. The van der Waals surface area contributed by atoms with Crippen LogP contribution >= 0.6 is 39.3 Å². The lowest BCUT2D eigenvalue weighted by Gasteiger charge is -2.06. The molecule has 1 aromatic carbocycles. The fourth-order valence-electron chi connectivity index (χ4n) is 1.53. The monoisotopic (exact) mass is 371 g/mol. The zero-order chi connectivity index (χ0) is 14.5. The number of thioether (sulfide) groups is 1. The predicted octanol–water partition coefficient (Wildman–Crippen LogP) is 4.48. The van der Waals surface area contributed by atoms with Crippen molar-refractivity contribution in [1.29, 1.82) is 0 Å². The molecule has 0 aliphatic heterocycles. The van der Waals surface area contributed by atoms with Crippen LogP contribution in [0, 0.1) is 0 Å². The number of ether oxygens (including phenoxy) is 1. The predicted molar refractivity (Wildman–Crippen MR) is 85.0 cm³/mol. The fraction of sp³-hybridized carbons (Fsp3) is 0.143. The smallest absolute Gasteiger partial charge is 0.173 e. The number of nitrogens with zero attached hydrogens (tertiary/aromatic N) is 1. The molecule has 0 radical (unpaired) electrons. The quantitative estimate of drug-likeness (QED) is 0.573. The third-order valence-electron chi connectivity index (χ3n) is 2.54. The Labute approximate surface area is 134 Å². The molecule has 0 bridgehead atoms. The summed E-state index contributed by atoms with van der Waals surface area (Å²) in [7, 11) is 1.58. The molecule has 2 rings (SSSR count). The van der Waals surface area contributed by atoms with Crippen molar-refractivity contribution in [3.8, 4) is 5.75 Å². The van der Waals surface area contributed by atoms with Gasteiger partial charge in [-0.1, -0.05) is 23.4 Å². The molecule has 104 valence electrons. The van der Waals surface area contributed by atoms with Crippen molar-refractivity contribution >= 4 is 45.1 Å². The lowest BCUT2D eigenvalue weighted by atomic mass is 10.1. The van der Waals surface area contributed by atoms with E-state index in [4.69, 9.17) is 16.3 Å². The summed E-state index contributed by atoms with van der Waals surface area (Å²) in [5.74, 6) is 0.997. The largest absolute Gasteiger partial charge is 0.496 e. The zero-order valence-corrected chi connectivity index (χ0v) is 13.8. The van der Waals surface area contributed by atoms with Gasteiger partial charge in [0, 0.05) is 11.8 Å². The van der Waals surface area contributed by atoms with Gasteiger partial charge in [-0.25, -0.2) is 4.98 Å². The maximum absolute atomic E-state index is 12.1. The Kier molecular flexibility index (Phi) is 5.46. The van der Waals surface area contributed by atoms with Crippen molar-refractivity contribution < 1.29 is 9.53 Å². The molecule has 0 saturated carbocycles. The first-order chi connectivity index (χ1) is 9.61. The molecule has 2 aromatic rings. The Morgan fingerprint density at radius 2 is 2.25 bits per heavy atom. The molecule has 6 heteroatoms. The number of Topliss-reactive ketones (excluding diaryl/α,β-unsaturated/α-hetero) is 1. The number of hydrogen-bond donors (Lipinski definition) is 0. The molecule has 0 aliphatic carbocycles. The van der Waals surface area contributed by atoms with E-state index in [1.807, 2.05) is 0 Å². The SMILES string of the molecule is COc1ccc(C(=O)CSc2ncccc2Cl)cc1Br. The fourth-order valence-corrected chi connectivity index (χ4v) is 3.14. The summed E-state index contributed by atoms with van der Waals surface area (Å²) in [4.78, 5) is 16.3. The molecule has 3 nitrogen and oxygen atoms in total. The second kappa shape index (κ2) is 7.11. The van der Waals surface area contributed by atoms with Crippen LogP contribution in [0.4, 0.5) is 0 Å². The minimum Gasteiger partial charge on any atom is -0.496 e. The number of pyridine rings is 1. The van der Waals surface area contributed by atoms with Crippen molar-refractivity contribution in [1.82, 2.24) is 4.98 Å². The normalized spacial score (nSPS) is 10.3. The molecule has 0 N–H and O–H groups in total. The summed E-state index contributed by atoms with van der Waals surface area (Å²) in [6.07, 6.45) is 1.66. The first-order valence-corrected chi connectivity index (χ1v) is 7.87. The highest BCUT2D eigenvalue weighted by molar-refractivity contribution is 9.10. The Balaban J connectivity index is 2.05. The Morgan fingerprint density at radius 3 is 2.90 bits per heavy atom. The molecule has 0 fully saturated rings. The maximum Gasteiger partial charge on any atom is 0.173 e. The van der Waals surface area contributed by atoms with Crippen molar-refractivity contribution in [3.05, 3.63) is 51.6 Å². The topological polar surface area (TPSA) is 39.2 Å². The minimum absolute atomic E-state index is 0.0140. The van der Waals surface area contributed by atoms with E-state index in [0.29, 0.717) is 21.4 Å². The van der Waals surface area contributed by atoms with Crippen LogP contribution in [0.2, 0.25) is 5.02 Å². The van der Waals surface area contributed by atoms with E-state index in [9.17, 15) is 4.79 Å². The van der Waals surface area contributed by atoms with Gasteiger partial charge in [0.15, 0.2) is 5.78 Å². The number of carbonyl (C=O) groups is 1. The van der Waals surface area contributed by atoms with E-state index in [0.717, 1.165) is 4.47 Å². The lowest BCUT2D eigenvalue weighted by molar-refractivity contribution is 0.102. The van der Waals surface area contributed by atoms with Gasteiger partial charge < -0.3 is 4.74 Å². The Morgan fingerprint density at radius 1 is 1.45 bits per heavy atom. The number of aromatic nitrogens is 1. The second-order valence-corrected chi connectivity index (χ2v) is 6.08. The number of hydrogen-bond acceptors (Lipinski definition) is 4. The van der Waals surface area contributed by atoms with E-state index in [1.165, 1.54) is 11.8 Å². The first-order valence-electron chi connectivity index (χ1n) is 5.72. The zero-order valence-electron chi connectivity index (χ0n) is 10.6. The highest BCUT2D eigenvalue weighted by Crippen LogP contribution is 2.28. The van der Waals surface area contributed by atoms with E-state index >= 15 is 0 Å². The van der Waals surface area contributed by atoms with Crippen LogP contribution < -0.4 is 4.74 Å². The van der Waals surface area contributed by atoms with E-state index < -0.39 is 0 Å². The summed E-state index contributed by atoms with van der Waals surface area (Å²) < 4.78 is 5.89. The average Bonchev–Trinajstić information content (AvgIpc) is 2.46. The summed E-state index contributed by atoms with van der Waals surface area (Å²) in [5.41, 5.74) is 0.622. The highest BCUT2D eigenvalue weighted by Gasteiger charge is 2.11. The third kappa shape index (κ3) is 3.75. The number of halogens is 2.